The Morgan fingerprint density at radius 2 is 2.33 bits per heavy atom. The Labute approximate surface area is 105 Å². The predicted molar refractivity (Wildman–Crippen MR) is 64.2 cm³/mol. The summed E-state index contributed by atoms with van der Waals surface area (Å²) in [5, 5.41) is 11.3. The van der Waals surface area contributed by atoms with Gasteiger partial charge in [-0.25, -0.2) is 4.39 Å². The molecule has 1 aromatic rings. The summed E-state index contributed by atoms with van der Waals surface area (Å²) in [4.78, 5) is 11.5. The molecule has 0 heterocycles. The second-order valence-electron chi connectivity index (χ2n) is 3.78. The Morgan fingerprint density at radius 1 is 1.61 bits per heavy atom. The molecule has 1 atom stereocenters. The van der Waals surface area contributed by atoms with E-state index >= 15 is 0 Å². The van der Waals surface area contributed by atoms with Gasteiger partial charge >= 0.3 is 0 Å². The highest BCUT2D eigenvalue weighted by atomic mass is 19.1. The Kier molecular flexibility index (Phi) is 5.12. The maximum absolute atomic E-state index is 13.4. The van der Waals surface area contributed by atoms with Crippen molar-refractivity contribution in [2.24, 2.45) is 5.92 Å². The van der Waals surface area contributed by atoms with E-state index in [4.69, 9.17) is 10.00 Å². The lowest BCUT2D eigenvalue weighted by atomic mass is 10.1. The largest absolute Gasteiger partial charge is 0.494 e. The molecule has 0 radical (unpaired) electrons. The van der Waals surface area contributed by atoms with Crippen LogP contribution < -0.4 is 10.1 Å². The fraction of sp³-hybridized carbons (Fsp3) is 0.385. The lowest BCUT2D eigenvalue weighted by Crippen LogP contribution is -2.29. The van der Waals surface area contributed by atoms with Crippen LogP contribution in [0, 0.1) is 23.1 Å². The smallest absolute Gasteiger partial charge is 0.237 e. The van der Waals surface area contributed by atoms with Gasteiger partial charge in [-0.1, -0.05) is 13.0 Å². The molecule has 18 heavy (non-hydrogen) atoms. The van der Waals surface area contributed by atoms with E-state index < -0.39 is 11.7 Å². The van der Waals surface area contributed by atoms with Crippen LogP contribution in [-0.2, 0) is 11.3 Å². The zero-order valence-electron chi connectivity index (χ0n) is 10.4. The van der Waals surface area contributed by atoms with Crippen LogP contribution in [0.2, 0.25) is 0 Å². The average molecular weight is 250 g/mol. The number of hydrogen-bond acceptors (Lipinski definition) is 3. The molecular weight excluding hydrogens is 235 g/mol. The highest BCUT2D eigenvalue weighted by Crippen LogP contribution is 2.17. The first-order chi connectivity index (χ1) is 8.62. The first-order valence-electron chi connectivity index (χ1n) is 5.62. The van der Waals surface area contributed by atoms with Crippen LogP contribution in [-0.4, -0.2) is 13.0 Å². The number of ether oxygens (including phenoxy) is 1. The van der Waals surface area contributed by atoms with Crippen LogP contribution in [0.5, 0.6) is 5.75 Å². The molecule has 0 fully saturated rings. The molecule has 0 saturated carbocycles. The number of amides is 1. The minimum Gasteiger partial charge on any atom is -0.494 e. The highest BCUT2D eigenvalue weighted by Gasteiger charge is 2.14. The number of nitriles is 1. The van der Waals surface area contributed by atoms with Crippen molar-refractivity contribution >= 4 is 5.91 Å². The molecule has 0 bridgehead atoms. The number of nitrogens with one attached hydrogen (secondary N) is 1. The summed E-state index contributed by atoms with van der Waals surface area (Å²) < 4.78 is 18.2. The first kappa shape index (κ1) is 14.0. The molecule has 0 aliphatic carbocycles. The van der Waals surface area contributed by atoms with E-state index in [1.165, 1.54) is 19.2 Å². The third-order valence-corrected chi connectivity index (χ3v) is 2.56. The van der Waals surface area contributed by atoms with Crippen LogP contribution in [0.3, 0.4) is 0 Å². The van der Waals surface area contributed by atoms with Gasteiger partial charge in [-0.3, -0.25) is 4.79 Å². The molecule has 0 saturated heterocycles. The van der Waals surface area contributed by atoms with Gasteiger partial charge < -0.3 is 10.1 Å². The number of rotatable bonds is 5. The molecule has 0 aromatic heterocycles. The number of methoxy groups -OCH3 is 1. The quantitative estimate of drug-likeness (QED) is 0.869. The topological polar surface area (TPSA) is 62.1 Å². The van der Waals surface area contributed by atoms with Crippen molar-refractivity contribution in [1.82, 2.24) is 5.32 Å². The van der Waals surface area contributed by atoms with Crippen molar-refractivity contribution < 1.29 is 13.9 Å². The second-order valence-corrected chi connectivity index (χ2v) is 3.78. The molecule has 1 N–H and O–H groups in total. The van der Waals surface area contributed by atoms with Crippen LogP contribution in [0.1, 0.15) is 18.9 Å². The average Bonchev–Trinajstić information content (AvgIpc) is 2.38. The van der Waals surface area contributed by atoms with Crippen molar-refractivity contribution in [3.63, 3.8) is 0 Å². The maximum Gasteiger partial charge on any atom is 0.237 e. The zero-order chi connectivity index (χ0) is 13.5. The number of nitrogens with zero attached hydrogens (tertiary/aromatic N) is 1. The summed E-state index contributed by atoms with van der Waals surface area (Å²) >= 11 is 0. The summed E-state index contributed by atoms with van der Waals surface area (Å²) in [6.07, 6.45) is 0.458. The maximum atomic E-state index is 13.4. The van der Waals surface area contributed by atoms with E-state index in [0.29, 0.717) is 12.0 Å². The molecule has 5 heteroatoms. The Balaban J connectivity index is 2.62. The van der Waals surface area contributed by atoms with Gasteiger partial charge in [-0.2, -0.15) is 5.26 Å². The molecule has 96 valence electrons. The fourth-order valence-electron chi connectivity index (χ4n) is 1.47. The van der Waals surface area contributed by atoms with Crippen LogP contribution in [0.4, 0.5) is 4.39 Å². The summed E-state index contributed by atoms with van der Waals surface area (Å²) in [5.74, 6) is -1.31. The lowest BCUT2D eigenvalue weighted by Gasteiger charge is -2.09. The Morgan fingerprint density at radius 3 is 2.83 bits per heavy atom. The van der Waals surface area contributed by atoms with Gasteiger partial charge in [-0.05, 0) is 24.1 Å². The van der Waals surface area contributed by atoms with Gasteiger partial charge in [0.25, 0.3) is 0 Å². The van der Waals surface area contributed by atoms with Crippen molar-refractivity contribution in [2.45, 2.75) is 19.9 Å². The van der Waals surface area contributed by atoms with E-state index in [1.54, 1.807) is 13.0 Å². The predicted octanol–water partition coefficient (Wildman–Crippen LogP) is 2.00. The van der Waals surface area contributed by atoms with E-state index in [0.717, 1.165) is 0 Å². The zero-order valence-corrected chi connectivity index (χ0v) is 10.4. The molecule has 1 aromatic carbocycles. The molecule has 0 aliphatic rings. The van der Waals surface area contributed by atoms with Gasteiger partial charge in [0.15, 0.2) is 11.6 Å². The third kappa shape index (κ3) is 3.45. The van der Waals surface area contributed by atoms with Gasteiger partial charge in [0.2, 0.25) is 5.91 Å². The number of carbonyl (C=O) groups excluding carboxylic acids is 1. The number of halogens is 1. The first-order valence-corrected chi connectivity index (χ1v) is 5.62. The van der Waals surface area contributed by atoms with Crippen molar-refractivity contribution in [1.29, 1.82) is 5.26 Å². The molecule has 1 rings (SSSR count). The van der Waals surface area contributed by atoms with Crippen molar-refractivity contribution in [2.75, 3.05) is 7.11 Å². The Hall–Kier alpha value is -2.09. The van der Waals surface area contributed by atoms with Crippen LogP contribution >= 0.6 is 0 Å². The molecule has 4 nitrogen and oxygen atoms in total. The van der Waals surface area contributed by atoms with E-state index in [2.05, 4.69) is 5.32 Å². The molecule has 1 amide bonds. The monoisotopic (exact) mass is 250 g/mol. The number of hydrogen-bond donors (Lipinski definition) is 1. The molecule has 0 aliphatic heterocycles. The van der Waals surface area contributed by atoms with Gasteiger partial charge in [0.1, 0.15) is 5.92 Å². The minimum atomic E-state index is -0.659. The molecule has 0 spiro atoms. The summed E-state index contributed by atoms with van der Waals surface area (Å²) in [6, 6.07) is 6.37. The van der Waals surface area contributed by atoms with E-state index in [1.807, 2.05) is 6.07 Å². The summed E-state index contributed by atoms with van der Waals surface area (Å²) in [5.41, 5.74) is 0.620. The molecule has 1 unspecified atom stereocenters. The normalized spacial score (nSPS) is 11.4. The van der Waals surface area contributed by atoms with E-state index in [-0.39, 0.29) is 18.2 Å². The third-order valence-electron chi connectivity index (χ3n) is 2.56. The van der Waals surface area contributed by atoms with Gasteiger partial charge in [-0.15, -0.1) is 0 Å². The number of benzene rings is 1. The second kappa shape index (κ2) is 6.60. The SMILES string of the molecule is CCC(C#N)C(=O)NCc1ccc(OC)c(F)c1. The molecular formula is C13H15FN2O2. The van der Waals surface area contributed by atoms with Crippen molar-refractivity contribution in [3.8, 4) is 11.8 Å². The standard InChI is InChI=1S/C13H15FN2O2/c1-3-10(7-15)13(17)16-8-9-4-5-12(18-2)11(14)6-9/h4-6,10H,3,8H2,1-2H3,(H,16,17). The highest BCUT2D eigenvalue weighted by molar-refractivity contribution is 5.80. The van der Waals surface area contributed by atoms with Crippen LogP contribution in [0.25, 0.3) is 0 Å². The Bertz CT molecular complexity index is 469. The van der Waals surface area contributed by atoms with Gasteiger partial charge in [0, 0.05) is 6.54 Å². The van der Waals surface area contributed by atoms with Crippen molar-refractivity contribution in [3.05, 3.63) is 29.6 Å². The van der Waals surface area contributed by atoms with Gasteiger partial charge in [0.05, 0.1) is 13.2 Å². The van der Waals surface area contributed by atoms with Crippen LogP contribution in [0.15, 0.2) is 18.2 Å². The number of carbonyl (C=O) groups is 1. The fourth-order valence-corrected chi connectivity index (χ4v) is 1.47. The van der Waals surface area contributed by atoms with E-state index in [9.17, 15) is 9.18 Å². The minimum absolute atomic E-state index is 0.161. The summed E-state index contributed by atoms with van der Waals surface area (Å²) in [6.45, 7) is 1.96. The summed E-state index contributed by atoms with van der Waals surface area (Å²) in [7, 11) is 1.39. The lowest BCUT2D eigenvalue weighted by molar-refractivity contribution is -0.123.